The van der Waals surface area contributed by atoms with Gasteiger partial charge >= 0.3 is 12.3 Å². The molecular weight excluding hydrogens is 720 g/mol. The molecule has 3 aliphatic heterocycles. The Kier molecular flexibility index (Phi) is 10.4. The molecule has 0 radical (unpaired) electrons. The van der Waals surface area contributed by atoms with Gasteiger partial charge in [0.2, 0.25) is 0 Å². The van der Waals surface area contributed by atoms with Crippen LogP contribution in [-0.2, 0) is 25.9 Å². The van der Waals surface area contributed by atoms with Crippen LogP contribution in [0.15, 0.2) is 79.4 Å². The molecule has 3 atom stereocenters. The van der Waals surface area contributed by atoms with Gasteiger partial charge < -0.3 is 24.0 Å². The molecule has 1 unspecified atom stereocenters. The quantitative estimate of drug-likeness (QED) is 0.203. The number of hydrogen-bond donors (Lipinski definition) is 0. The molecule has 0 aliphatic carbocycles. The van der Waals surface area contributed by atoms with Crippen molar-refractivity contribution in [2.45, 2.75) is 44.6 Å². The highest BCUT2D eigenvalue weighted by Crippen LogP contribution is 2.37. The van der Waals surface area contributed by atoms with Crippen molar-refractivity contribution < 1.29 is 56.3 Å². The Bertz CT molecular complexity index is 1860. The van der Waals surface area contributed by atoms with E-state index in [1.54, 1.807) is 26.0 Å². The molecule has 18 heteroatoms. The van der Waals surface area contributed by atoms with Gasteiger partial charge in [-0.2, -0.15) is 19.1 Å². The van der Waals surface area contributed by atoms with Crippen molar-refractivity contribution in [1.29, 1.82) is 0 Å². The zero-order valence-corrected chi connectivity index (χ0v) is 29.7. The van der Waals surface area contributed by atoms with Crippen molar-refractivity contribution in [3.05, 3.63) is 96.6 Å². The number of carbonyl (C=O) groups excluding carboxylic acids is 1. The lowest BCUT2D eigenvalue weighted by atomic mass is 9.94. The lowest BCUT2D eigenvalue weighted by Gasteiger charge is -2.37. The largest absolute Gasteiger partial charge is 0.488 e. The van der Waals surface area contributed by atoms with E-state index in [9.17, 15) is 27.6 Å². The second-order valence-electron chi connectivity index (χ2n) is 13.2. The lowest BCUT2D eigenvalue weighted by molar-refractivity contribution is -1.92. The van der Waals surface area contributed by atoms with Crippen molar-refractivity contribution in [1.82, 2.24) is 19.7 Å². The number of piperazine rings is 1. The highest BCUT2D eigenvalue weighted by molar-refractivity contribution is 5.94. The number of halogens is 3. The molecule has 1 aromatic heterocycles. The van der Waals surface area contributed by atoms with Crippen molar-refractivity contribution in [3.8, 4) is 5.75 Å². The number of carbonyl (C=O) groups is 1. The first-order valence-corrected chi connectivity index (χ1v) is 18.2. The standard InChI is InChI=1S/C35H38ClF2N7O8/c1-24(2)45-32(53-36(47,48)49)18-44(34(45)46)28-6-4-26(5-7-28)41-13-15-42(16-14-41)27-8-10-29(11-9-27)50-19-33-51-21-35(52-33,20-43-23-39-22-40-43)30-12-3-25(37)17-31(30)38/h3-12,17,22-24,32-33H,13-16,18-21H2,1-2H3/t32?,33-,35+/m0/s1. The summed E-state index contributed by atoms with van der Waals surface area (Å²) in [6, 6.07) is 17.6. The summed E-state index contributed by atoms with van der Waals surface area (Å²) in [6.07, 6.45) is 0.816. The molecule has 3 saturated heterocycles. The average molecular weight is 758 g/mol. The van der Waals surface area contributed by atoms with Crippen molar-refractivity contribution >= 4 is 23.1 Å². The Morgan fingerprint density at radius 3 is 2.17 bits per heavy atom. The van der Waals surface area contributed by atoms with E-state index in [4.69, 9.17) is 14.2 Å². The van der Waals surface area contributed by atoms with Crippen LogP contribution in [-0.4, -0.2) is 90.2 Å². The third kappa shape index (κ3) is 8.16. The predicted octanol–water partition coefficient (Wildman–Crippen LogP) is 1.12. The van der Waals surface area contributed by atoms with E-state index in [-0.39, 0.29) is 37.9 Å². The molecule has 3 aromatic carbocycles. The van der Waals surface area contributed by atoms with E-state index in [2.05, 4.69) is 24.2 Å². The second kappa shape index (κ2) is 15.0. The fourth-order valence-corrected chi connectivity index (χ4v) is 7.30. The summed E-state index contributed by atoms with van der Waals surface area (Å²) in [7, 11) is -4.70. The summed E-state index contributed by atoms with van der Waals surface area (Å²) in [5, 5.41) is 4.11. The Labute approximate surface area is 306 Å². The van der Waals surface area contributed by atoms with E-state index in [0.717, 1.165) is 43.6 Å². The monoisotopic (exact) mass is 757 g/mol. The smallest absolute Gasteiger partial charge is 0.327 e. The molecule has 4 heterocycles. The lowest BCUT2D eigenvalue weighted by Crippen LogP contribution is -2.64. The van der Waals surface area contributed by atoms with E-state index < -0.39 is 46.0 Å². The number of amides is 2. The summed E-state index contributed by atoms with van der Waals surface area (Å²) in [5.41, 5.74) is 1.45. The highest BCUT2D eigenvalue weighted by Gasteiger charge is 2.48. The second-order valence-corrected chi connectivity index (χ2v) is 14.1. The number of nitrogens with zero attached hydrogens (tertiary/aromatic N) is 7. The fourth-order valence-electron chi connectivity index (χ4n) is 6.91. The summed E-state index contributed by atoms with van der Waals surface area (Å²) in [4.78, 5) is 24.2. The van der Waals surface area contributed by atoms with Crippen molar-refractivity contribution in [3.63, 3.8) is 0 Å². The zero-order valence-electron chi connectivity index (χ0n) is 28.9. The molecule has 4 aromatic rings. The van der Waals surface area contributed by atoms with Crippen LogP contribution >= 0.6 is 0 Å². The van der Waals surface area contributed by atoms with Gasteiger partial charge in [-0.15, -0.1) is 0 Å². The van der Waals surface area contributed by atoms with Gasteiger partial charge in [-0.3, -0.25) is 9.80 Å². The van der Waals surface area contributed by atoms with Crippen LogP contribution in [0.2, 0.25) is 0 Å². The SMILES string of the molecule is CC(C)N1C(=O)N(c2ccc(N3CCN(c4ccc(OC[C@H]5OC[C@](Cn6cncn6)(c6ccc(F)cc6F)O5)cc4)CC3)cc2)CC1O[Cl+3]([O-])([O-])[O-]. The molecule has 0 saturated carbocycles. The van der Waals surface area contributed by atoms with E-state index in [1.165, 1.54) is 39.3 Å². The molecule has 15 nitrogen and oxygen atoms in total. The summed E-state index contributed by atoms with van der Waals surface area (Å²) < 4.78 is 86.5. The maximum Gasteiger partial charge on any atom is 0.327 e. The zero-order chi connectivity index (χ0) is 37.3. The Balaban J connectivity index is 0.913. The van der Waals surface area contributed by atoms with Crippen molar-refractivity contribution in [2.24, 2.45) is 0 Å². The van der Waals surface area contributed by atoms with E-state index in [1.807, 2.05) is 36.4 Å². The first-order valence-electron chi connectivity index (χ1n) is 17.0. The maximum atomic E-state index is 14.9. The number of hydrogen-bond acceptors (Lipinski definition) is 12. The molecule has 0 spiro atoms. The number of rotatable bonds is 12. The first-order chi connectivity index (χ1) is 25.4. The number of urea groups is 1. The van der Waals surface area contributed by atoms with Gasteiger partial charge in [0.25, 0.3) is 0 Å². The molecule has 3 aliphatic rings. The Hall–Kier alpha value is -4.62. The molecule has 2 amide bonds. The molecule has 7 rings (SSSR count). The van der Waals surface area contributed by atoms with Gasteiger partial charge in [-0.05, 0) is 68.4 Å². The van der Waals surface area contributed by atoms with E-state index in [0.29, 0.717) is 11.4 Å². The third-order valence-corrected chi connectivity index (χ3v) is 9.85. The first kappa shape index (κ1) is 36.7. The molecule has 0 bridgehead atoms. The number of anilines is 3. The van der Waals surface area contributed by atoms with Crippen LogP contribution in [0.1, 0.15) is 19.4 Å². The van der Waals surface area contributed by atoms with Crippen LogP contribution in [0.5, 0.6) is 5.75 Å². The summed E-state index contributed by atoms with van der Waals surface area (Å²) in [6.45, 7) is 6.50. The molecular formula is C35H38ClF2N7O8. The molecule has 282 valence electrons. The Morgan fingerprint density at radius 1 is 0.943 bits per heavy atom. The van der Waals surface area contributed by atoms with Gasteiger partial charge in [0.05, 0.1) is 34.2 Å². The van der Waals surface area contributed by atoms with Gasteiger partial charge in [0, 0.05) is 60.9 Å². The van der Waals surface area contributed by atoms with E-state index >= 15 is 0 Å². The maximum absolute atomic E-state index is 14.9. The van der Waals surface area contributed by atoms with Gasteiger partial charge in [0.1, 0.15) is 42.2 Å². The number of benzene rings is 3. The summed E-state index contributed by atoms with van der Waals surface area (Å²) in [5.74, 6) is -0.841. The van der Waals surface area contributed by atoms with Crippen LogP contribution in [0.3, 0.4) is 0 Å². The fraction of sp³-hybridized carbons (Fsp3) is 0.400. The average Bonchev–Trinajstić information content (AvgIpc) is 3.87. The third-order valence-electron chi connectivity index (χ3n) is 9.43. The van der Waals surface area contributed by atoms with Crippen LogP contribution in [0.4, 0.5) is 30.6 Å². The Morgan fingerprint density at radius 2 is 1.58 bits per heavy atom. The summed E-state index contributed by atoms with van der Waals surface area (Å²) >= 11 is 0. The normalized spacial score (nSPS) is 22.4. The van der Waals surface area contributed by atoms with Gasteiger partial charge in [0.15, 0.2) is 6.29 Å². The number of ether oxygens (including phenoxy) is 3. The minimum Gasteiger partial charge on any atom is -0.488 e. The van der Waals surface area contributed by atoms with Crippen molar-refractivity contribution in [2.75, 3.05) is 60.6 Å². The number of aromatic nitrogens is 3. The van der Waals surface area contributed by atoms with Crippen LogP contribution in [0, 0.1) is 21.9 Å². The van der Waals surface area contributed by atoms with Gasteiger partial charge in [-0.25, -0.2) is 23.2 Å². The molecule has 53 heavy (non-hydrogen) atoms. The minimum atomic E-state index is -4.70. The highest BCUT2D eigenvalue weighted by atomic mass is 35.7. The predicted molar refractivity (Wildman–Crippen MR) is 176 cm³/mol. The minimum absolute atomic E-state index is 0.00104. The van der Waals surface area contributed by atoms with Crippen LogP contribution in [0.25, 0.3) is 0 Å². The van der Waals surface area contributed by atoms with Crippen LogP contribution < -0.4 is 33.4 Å². The molecule has 0 N–H and O–H groups in total. The topological polar surface area (TPSA) is 167 Å². The molecule has 3 fully saturated rings. The van der Waals surface area contributed by atoms with Gasteiger partial charge in [-0.1, -0.05) is 6.07 Å².